The van der Waals surface area contributed by atoms with E-state index in [1.165, 1.54) is 4.68 Å². The van der Waals surface area contributed by atoms with E-state index in [0.29, 0.717) is 17.8 Å². The van der Waals surface area contributed by atoms with Crippen molar-refractivity contribution in [3.63, 3.8) is 0 Å². The summed E-state index contributed by atoms with van der Waals surface area (Å²) in [5, 5.41) is 7.79. The maximum absolute atomic E-state index is 12.3. The third-order valence-corrected chi connectivity index (χ3v) is 5.26. The molecule has 1 N–H and O–H groups in total. The van der Waals surface area contributed by atoms with Crippen molar-refractivity contribution in [3.8, 4) is 5.69 Å². The lowest BCUT2D eigenvalue weighted by Gasteiger charge is -2.17. The number of benzene rings is 1. The van der Waals surface area contributed by atoms with Gasteiger partial charge in [-0.2, -0.15) is 0 Å². The SMILES string of the molecule is Cc1c(C(=O)NS(=O)(=O)CCC(C)(C)C)nnn1-c1cccc(Br)c1. The molecule has 0 radical (unpaired) electrons. The van der Waals surface area contributed by atoms with Crippen molar-refractivity contribution in [1.82, 2.24) is 19.7 Å². The second kappa shape index (κ2) is 7.25. The van der Waals surface area contributed by atoms with E-state index in [1.807, 2.05) is 45.0 Å². The monoisotopic (exact) mass is 428 g/mol. The van der Waals surface area contributed by atoms with Gasteiger partial charge in [0.25, 0.3) is 5.91 Å². The average molecular weight is 429 g/mol. The Labute approximate surface area is 156 Å². The van der Waals surface area contributed by atoms with Crippen LogP contribution in [0.25, 0.3) is 5.69 Å². The average Bonchev–Trinajstić information content (AvgIpc) is 2.86. The lowest BCUT2D eigenvalue weighted by Crippen LogP contribution is -2.34. The third kappa shape index (κ3) is 5.37. The van der Waals surface area contributed by atoms with E-state index in [0.717, 1.165) is 4.47 Å². The van der Waals surface area contributed by atoms with Gasteiger partial charge in [0.2, 0.25) is 10.0 Å². The fourth-order valence-electron chi connectivity index (χ4n) is 2.07. The Morgan fingerprint density at radius 2 is 2.00 bits per heavy atom. The molecular weight excluding hydrogens is 408 g/mol. The molecule has 25 heavy (non-hydrogen) atoms. The Morgan fingerprint density at radius 1 is 1.32 bits per heavy atom. The molecule has 136 valence electrons. The lowest BCUT2D eigenvalue weighted by atomic mass is 9.94. The van der Waals surface area contributed by atoms with Crippen molar-refractivity contribution in [3.05, 3.63) is 40.1 Å². The number of hydrogen-bond acceptors (Lipinski definition) is 5. The highest BCUT2D eigenvalue weighted by Crippen LogP contribution is 2.19. The maximum Gasteiger partial charge on any atom is 0.287 e. The second-order valence-electron chi connectivity index (χ2n) is 6.98. The number of carbonyl (C=O) groups excluding carboxylic acids is 1. The minimum atomic E-state index is -3.73. The molecule has 0 fully saturated rings. The first-order valence-corrected chi connectivity index (χ1v) is 10.2. The summed E-state index contributed by atoms with van der Waals surface area (Å²) >= 11 is 3.37. The van der Waals surface area contributed by atoms with Gasteiger partial charge in [0.1, 0.15) is 0 Å². The lowest BCUT2D eigenvalue weighted by molar-refractivity contribution is 0.0975. The Balaban J connectivity index is 2.18. The summed E-state index contributed by atoms with van der Waals surface area (Å²) in [5.41, 5.74) is 1.02. The van der Waals surface area contributed by atoms with Crippen LogP contribution in [0.5, 0.6) is 0 Å². The zero-order chi connectivity index (χ0) is 18.8. The van der Waals surface area contributed by atoms with Gasteiger partial charge in [-0.1, -0.05) is 48.0 Å². The predicted molar refractivity (Wildman–Crippen MR) is 99.1 cm³/mol. The molecule has 9 heteroatoms. The molecule has 7 nitrogen and oxygen atoms in total. The molecule has 0 saturated heterocycles. The molecule has 1 aromatic carbocycles. The summed E-state index contributed by atoms with van der Waals surface area (Å²) in [6, 6.07) is 7.33. The largest absolute Gasteiger partial charge is 0.287 e. The number of nitrogens with zero attached hydrogens (tertiary/aromatic N) is 3. The van der Waals surface area contributed by atoms with Crippen LogP contribution in [0.3, 0.4) is 0 Å². The highest BCUT2D eigenvalue weighted by molar-refractivity contribution is 9.10. The van der Waals surface area contributed by atoms with Crippen molar-refractivity contribution in [2.24, 2.45) is 5.41 Å². The molecule has 1 heterocycles. The highest BCUT2D eigenvalue weighted by Gasteiger charge is 2.24. The van der Waals surface area contributed by atoms with E-state index in [1.54, 1.807) is 6.92 Å². The number of rotatable bonds is 5. The molecule has 2 aromatic rings. The molecule has 0 unspecified atom stereocenters. The Hall–Kier alpha value is -1.74. The van der Waals surface area contributed by atoms with E-state index in [2.05, 4.69) is 31.0 Å². The number of nitrogens with one attached hydrogen (secondary N) is 1. The normalized spacial score (nSPS) is 12.2. The fourth-order valence-corrected chi connectivity index (χ4v) is 3.82. The van der Waals surface area contributed by atoms with Crippen molar-refractivity contribution < 1.29 is 13.2 Å². The van der Waals surface area contributed by atoms with E-state index < -0.39 is 15.9 Å². The maximum atomic E-state index is 12.3. The van der Waals surface area contributed by atoms with Crippen molar-refractivity contribution >= 4 is 31.9 Å². The molecule has 0 atom stereocenters. The van der Waals surface area contributed by atoms with Crippen molar-refractivity contribution in [2.45, 2.75) is 34.1 Å². The standard InChI is InChI=1S/C16H21BrN4O3S/c1-11-14(15(22)19-25(23,24)9-8-16(2,3)4)18-20-21(11)13-7-5-6-12(17)10-13/h5-7,10H,8-9H2,1-4H3,(H,19,22). The van der Waals surface area contributed by atoms with Gasteiger partial charge in [-0.3, -0.25) is 4.79 Å². The third-order valence-electron chi connectivity index (χ3n) is 3.53. The van der Waals surface area contributed by atoms with Crippen LogP contribution in [0.15, 0.2) is 28.7 Å². The first-order chi connectivity index (χ1) is 11.5. The van der Waals surface area contributed by atoms with Crippen LogP contribution in [-0.2, 0) is 10.0 Å². The van der Waals surface area contributed by atoms with Crippen LogP contribution < -0.4 is 4.72 Å². The van der Waals surface area contributed by atoms with Gasteiger partial charge in [-0.25, -0.2) is 17.8 Å². The van der Waals surface area contributed by atoms with Crippen LogP contribution in [0.2, 0.25) is 0 Å². The predicted octanol–water partition coefficient (Wildman–Crippen LogP) is 2.83. The molecule has 1 amide bonds. The van der Waals surface area contributed by atoms with Gasteiger partial charge in [0.15, 0.2) is 5.69 Å². The Bertz CT molecular complexity index is 885. The van der Waals surface area contributed by atoms with Gasteiger partial charge >= 0.3 is 0 Å². The Kier molecular flexibility index (Phi) is 5.68. The van der Waals surface area contributed by atoms with E-state index in [9.17, 15) is 13.2 Å². The zero-order valence-electron chi connectivity index (χ0n) is 14.6. The molecule has 0 saturated carbocycles. The molecule has 0 spiro atoms. The summed E-state index contributed by atoms with van der Waals surface area (Å²) < 4.78 is 28.6. The minimum Gasteiger partial charge on any atom is -0.266 e. The second-order valence-corrected chi connectivity index (χ2v) is 9.73. The topological polar surface area (TPSA) is 93.9 Å². The van der Waals surface area contributed by atoms with Crippen LogP contribution >= 0.6 is 15.9 Å². The molecule has 2 rings (SSSR count). The zero-order valence-corrected chi connectivity index (χ0v) is 17.0. The molecule has 0 aliphatic rings. The van der Waals surface area contributed by atoms with Crippen molar-refractivity contribution in [2.75, 3.05) is 5.75 Å². The number of halogens is 1. The summed E-state index contributed by atoms with van der Waals surface area (Å²) in [6.45, 7) is 7.49. The first-order valence-electron chi connectivity index (χ1n) is 7.71. The van der Waals surface area contributed by atoms with Gasteiger partial charge in [-0.15, -0.1) is 5.10 Å². The van der Waals surface area contributed by atoms with Crippen LogP contribution in [0, 0.1) is 12.3 Å². The molecule has 0 aliphatic heterocycles. The summed E-state index contributed by atoms with van der Waals surface area (Å²) in [5.74, 6) is -0.895. The van der Waals surface area contributed by atoms with Gasteiger partial charge in [-0.05, 0) is 37.0 Å². The number of carbonyl (C=O) groups is 1. The number of aromatic nitrogens is 3. The molecule has 0 aliphatic carbocycles. The van der Waals surface area contributed by atoms with Crippen molar-refractivity contribution in [1.29, 1.82) is 0 Å². The molecule has 1 aromatic heterocycles. The number of sulfonamides is 1. The quantitative estimate of drug-likeness (QED) is 0.789. The van der Waals surface area contributed by atoms with Crippen LogP contribution in [0.4, 0.5) is 0 Å². The van der Waals surface area contributed by atoms with Gasteiger partial charge in [0, 0.05) is 4.47 Å². The van der Waals surface area contributed by atoms with Gasteiger partial charge < -0.3 is 0 Å². The van der Waals surface area contributed by atoms with E-state index in [-0.39, 0.29) is 16.9 Å². The Morgan fingerprint density at radius 3 is 2.60 bits per heavy atom. The van der Waals surface area contributed by atoms with Crippen LogP contribution in [0.1, 0.15) is 43.4 Å². The first kappa shape index (κ1) is 19.6. The van der Waals surface area contributed by atoms with Gasteiger partial charge in [0.05, 0.1) is 17.1 Å². The van der Waals surface area contributed by atoms with Crippen LogP contribution in [-0.4, -0.2) is 35.1 Å². The summed E-state index contributed by atoms with van der Waals surface area (Å²) in [4.78, 5) is 12.3. The summed E-state index contributed by atoms with van der Waals surface area (Å²) in [6.07, 6.45) is 0.444. The number of hydrogen-bond donors (Lipinski definition) is 1. The number of amides is 1. The van der Waals surface area contributed by atoms with E-state index >= 15 is 0 Å². The minimum absolute atomic E-state index is 0.0145. The summed E-state index contributed by atoms with van der Waals surface area (Å²) in [7, 11) is -3.73. The smallest absolute Gasteiger partial charge is 0.266 e. The molecule has 0 bridgehead atoms. The highest BCUT2D eigenvalue weighted by atomic mass is 79.9. The fraction of sp³-hybridized carbons (Fsp3) is 0.438. The molecular formula is C16H21BrN4O3S. The van der Waals surface area contributed by atoms with E-state index in [4.69, 9.17) is 0 Å².